The lowest BCUT2D eigenvalue weighted by Gasteiger charge is -2.19. The summed E-state index contributed by atoms with van der Waals surface area (Å²) in [5.74, 6) is 0. The van der Waals surface area contributed by atoms with Crippen LogP contribution in [0.3, 0.4) is 0 Å². The number of amides is 1. The number of carbonyl (C=O) groups is 1. The summed E-state index contributed by atoms with van der Waals surface area (Å²) in [4.78, 5) is 10.9. The number of hydrogen-bond donors (Lipinski definition) is 1. The maximum absolute atomic E-state index is 10.9. The van der Waals surface area contributed by atoms with Gasteiger partial charge in [0.25, 0.3) is 0 Å². The Balaban J connectivity index is 2.84. The van der Waals surface area contributed by atoms with Crippen molar-refractivity contribution >= 4 is 23.7 Å². The fourth-order valence-electron chi connectivity index (χ4n) is 0.991. The van der Waals surface area contributed by atoms with Crippen molar-refractivity contribution in [3.05, 3.63) is 30.3 Å². The van der Waals surface area contributed by atoms with Crippen LogP contribution in [0.4, 0.5) is 10.5 Å². The zero-order valence-corrected chi connectivity index (χ0v) is 8.99. The van der Waals surface area contributed by atoms with Gasteiger partial charge in [0.1, 0.15) is 0 Å². The molecule has 0 aliphatic carbocycles. The average molecular weight is 211 g/mol. The summed E-state index contributed by atoms with van der Waals surface area (Å²) >= 11 is 1.29. The van der Waals surface area contributed by atoms with E-state index in [1.807, 2.05) is 32.0 Å². The molecule has 0 saturated carbocycles. The summed E-state index contributed by atoms with van der Waals surface area (Å²) in [6.07, 6.45) is -0.935. The van der Waals surface area contributed by atoms with E-state index < -0.39 is 6.09 Å². The van der Waals surface area contributed by atoms with E-state index >= 15 is 0 Å². The normalized spacial score (nSPS) is 10.2. The van der Waals surface area contributed by atoms with Gasteiger partial charge in [0.05, 0.1) is 5.69 Å². The van der Waals surface area contributed by atoms with Gasteiger partial charge in [-0.2, -0.15) is 0 Å². The lowest BCUT2D eigenvalue weighted by molar-refractivity contribution is 0.206. The fraction of sp³-hybridized carbons (Fsp3) is 0.300. The van der Waals surface area contributed by atoms with E-state index in [0.717, 1.165) is 0 Å². The Morgan fingerprint density at radius 1 is 1.36 bits per heavy atom. The predicted octanol–water partition coefficient (Wildman–Crippen LogP) is 3.23. The van der Waals surface area contributed by atoms with Crippen molar-refractivity contribution in [3.8, 4) is 0 Å². The number of carboxylic acid groups (broad SMARTS) is 1. The maximum Gasteiger partial charge on any atom is 0.422 e. The van der Waals surface area contributed by atoms with Crippen LogP contribution in [0.2, 0.25) is 0 Å². The molecule has 14 heavy (non-hydrogen) atoms. The van der Waals surface area contributed by atoms with E-state index in [9.17, 15) is 4.79 Å². The molecular weight excluding hydrogens is 198 g/mol. The van der Waals surface area contributed by atoms with Gasteiger partial charge in [-0.15, -0.1) is 0 Å². The van der Waals surface area contributed by atoms with Gasteiger partial charge in [-0.1, -0.05) is 32.0 Å². The van der Waals surface area contributed by atoms with E-state index in [4.69, 9.17) is 5.11 Å². The van der Waals surface area contributed by atoms with E-state index in [2.05, 4.69) is 0 Å². The molecule has 1 N–H and O–H groups in total. The van der Waals surface area contributed by atoms with Crippen molar-refractivity contribution in [1.82, 2.24) is 0 Å². The highest BCUT2D eigenvalue weighted by Crippen LogP contribution is 2.25. The minimum Gasteiger partial charge on any atom is -0.464 e. The van der Waals surface area contributed by atoms with Crippen LogP contribution < -0.4 is 4.31 Å². The van der Waals surface area contributed by atoms with E-state index in [0.29, 0.717) is 5.69 Å². The first-order chi connectivity index (χ1) is 6.61. The minimum atomic E-state index is -0.935. The maximum atomic E-state index is 10.9. The summed E-state index contributed by atoms with van der Waals surface area (Å²) in [7, 11) is 0. The third-order valence-corrected chi connectivity index (χ3v) is 2.48. The third kappa shape index (κ3) is 2.96. The first kappa shape index (κ1) is 10.9. The Morgan fingerprint density at radius 2 is 1.93 bits per heavy atom. The largest absolute Gasteiger partial charge is 0.464 e. The highest BCUT2D eigenvalue weighted by molar-refractivity contribution is 8.01. The van der Waals surface area contributed by atoms with Gasteiger partial charge < -0.3 is 5.11 Å². The molecule has 4 heteroatoms. The first-order valence-corrected chi connectivity index (χ1v) is 5.20. The van der Waals surface area contributed by atoms with Crippen molar-refractivity contribution < 1.29 is 9.90 Å². The van der Waals surface area contributed by atoms with Crippen LogP contribution >= 0.6 is 11.9 Å². The van der Waals surface area contributed by atoms with Gasteiger partial charge in [0.15, 0.2) is 0 Å². The lowest BCUT2D eigenvalue weighted by Crippen LogP contribution is -2.23. The molecule has 0 bridgehead atoms. The second kappa shape index (κ2) is 4.91. The molecule has 0 saturated heterocycles. The first-order valence-electron chi connectivity index (χ1n) is 4.36. The summed E-state index contributed by atoms with van der Waals surface area (Å²) in [6, 6.07) is 9.08. The lowest BCUT2D eigenvalue weighted by atomic mass is 10.3. The molecule has 0 heterocycles. The highest BCUT2D eigenvalue weighted by Gasteiger charge is 2.15. The number of nitrogens with zero attached hydrogens (tertiary/aromatic N) is 1. The smallest absolute Gasteiger partial charge is 0.422 e. The summed E-state index contributed by atoms with van der Waals surface area (Å²) < 4.78 is 1.28. The van der Waals surface area contributed by atoms with Gasteiger partial charge in [0.2, 0.25) is 0 Å². The molecule has 0 fully saturated rings. The standard InChI is InChI=1S/C10H13NO2S/c1-8(2)14-11(10(12)13)9-6-4-3-5-7-9/h3-8H,1-2H3,(H,12,13). The summed E-state index contributed by atoms with van der Waals surface area (Å²) in [6.45, 7) is 3.92. The zero-order chi connectivity index (χ0) is 10.6. The number of rotatable bonds is 3. The fourth-order valence-corrected chi connectivity index (χ4v) is 1.75. The van der Waals surface area contributed by atoms with Crippen LogP contribution in [0.5, 0.6) is 0 Å². The zero-order valence-electron chi connectivity index (χ0n) is 8.18. The second-order valence-corrected chi connectivity index (χ2v) is 4.59. The highest BCUT2D eigenvalue weighted by atomic mass is 32.2. The number of hydrogen-bond acceptors (Lipinski definition) is 2. The van der Waals surface area contributed by atoms with Crippen LogP contribution in [0.1, 0.15) is 13.8 Å². The van der Waals surface area contributed by atoms with Crippen LogP contribution in [-0.2, 0) is 0 Å². The number of anilines is 1. The molecule has 0 aliphatic rings. The molecule has 0 aliphatic heterocycles. The molecule has 1 amide bonds. The van der Waals surface area contributed by atoms with Gasteiger partial charge >= 0.3 is 6.09 Å². The molecule has 1 rings (SSSR count). The molecule has 0 unspecified atom stereocenters. The van der Waals surface area contributed by atoms with Gasteiger partial charge in [-0.25, -0.2) is 9.10 Å². The molecule has 0 atom stereocenters. The van der Waals surface area contributed by atoms with E-state index in [1.165, 1.54) is 16.3 Å². The number of benzene rings is 1. The molecule has 0 spiro atoms. The predicted molar refractivity (Wildman–Crippen MR) is 59.7 cm³/mol. The van der Waals surface area contributed by atoms with E-state index in [-0.39, 0.29) is 5.25 Å². The monoisotopic (exact) mass is 211 g/mol. The Kier molecular flexibility index (Phi) is 3.83. The summed E-state index contributed by atoms with van der Waals surface area (Å²) in [5, 5.41) is 9.22. The van der Waals surface area contributed by atoms with Crippen molar-refractivity contribution in [3.63, 3.8) is 0 Å². The Morgan fingerprint density at radius 3 is 2.36 bits per heavy atom. The molecule has 76 valence electrons. The van der Waals surface area contributed by atoms with Crippen molar-refractivity contribution in [1.29, 1.82) is 0 Å². The topological polar surface area (TPSA) is 40.5 Å². The summed E-state index contributed by atoms with van der Waals surface area (Å²) in [5.41, 5.74) is 0.693. The van der Waals surface area contributed by atoms with E-state index in [1.54, 1.807) is 12.1 Å². The second-order valence-electron chi connectivity index (χ2n) is 3.07. The van der Waals surface area contributed by atoms with Gasteiger partial charge in [-0.05, 0) is 24.1 Å². The van der Waals surface area contributed by atoms with Gasteiger partial charge in [-0.3, -0.25) is 0 Å². The quantitative estimate of drug-likeness (QED) is 0.780. The third-order valence-electron chi connectivity index (χ3n) is 1.48. The van der Waals surface area contributed by atoms with Crippen LogP contribution in [0, 0.1) is 0 Å². The van der Waals surface area contributed by atoms with Crippen LogP contribution in [-0.4, -0.2) is 16.4 Å². The minimum absolute atomic E-state index is 0.242. The SMILES string of the molecule is CC(C)SN(C(=O)O)c1ccccc1. The molecule has 0 aromatic heterocycles. The molecule has 1 aromatic rings. The van der Waals surface area contributed by atoms with Crippen molar-refractivity contribution in [2.24, 2.45) is 0 Å². The van der Waals surface area contributed by atoms with Gasteiger partial charge in [0, 0.05) is 5.25 Å². The molecule has 1 aromatic carbocycles. The Hall–Kier alpha value is -1.16. The van der Waals surface area contributed by atoms with Crippen LogP contribution in [0.25, 0.3) is 0 Å². The molecular formula is C10H13NO2S. The Bertz CT molecular complexity index is 300. The number of para-hydroxylation sites is 1. The molecule has 3 nitrogen and oxygen atoms in total. The van der Waals surface area contributed by atoms with Crippen LogP contribution in [0.15, 0.2) is 30.3 Å². The molecule has 0 radical (unpaired) electrons. The Labute approximate surface area is 87.9 Å². The van der Waals surface area contributed by atoms with Crippen molar-refractivity contribution in [2.45, 2.75) is 19.1 Å². The van der Waals surface area contributed by atoms with Crippen molar-refractivity contribution in [2.75, 3.05) is 4.31 Å². The average Bonchev–Trinajstić information content (AvgIpc) is 2.15.